The highest BCUT2D eigenvalue weighted by Crippen LogP contribution is 2.59. The SMILES string of the molecule is CC[C@]12O[C@H]1C[C@H](CO)CC[C@@]1(O)CCC[C@@H]12. The Bertz CT molecular complexity index is 306. The lowest BCUT2D eigenvalue weighted by Gasteiger charge is -2.37. The highest BCUT2D eigenvalue weighted by molar-refractivity contribution is 5.15. The molecule has 0 amide bonds. The number of hydrogen-bond acceptors (Lipinski definition) is 3. The fourth-order valence-corrected chi connectivity index (χ4v) is 4.44. The summed E-state index contributed by atoms with van der Waals surface area (Å²) in [5.41, 5.74) is -0.572. The van der Waals surface area contributed by atoms with Gasteiger partial charge in [-0.25, -0.2) is 0 Å². The summed E-state index contributed by atoms with van der Waals surface area (Å²) in [5, 5.41) is 20.2. The van der Waals surface area contributed by atoms with Crippen LogP contribution in [0.3, 0.4) is 0 Å². The van der Waals surface area contributed by atoms with Crippen molar-refractivity contribution in [1.29, 1.82) is 0 Å². The Balaban J connectivity index is 1.87. The van der Waals surface area contributed by atoms with Crippen molar-refractivity contribution in [3.05, 3.63) is 0 Å². The van der Waals surface area contributed by atoms with Crippen molar-refractivity contribution >= 4 is 0 Å². The first-order chi connectivity index (χ1) is 8.14. The molecule has 2 N–H and O–H groups in total. The molecule has 0 aromatic carbocycles. The van der Waals surface area contributed by atoms with E-state index in [1.54, 1.807) is 0 Å². The topological polar surface area (TPSA) is 53.0 Å². The zero-order chi connectivity index (χ0) is 12.1. The lowest BCUT2D eigenvalue weighted by molar-refractivity contribution is -0.0449. The van der Waals surface area contributed by atoms with Gasteiger partial charge in [0.05, 0.1) is 11.7 Å². The van der Waals surface area contributed by atoms with Crippen molar-refractivity contribution in [3.63, 3.8) is 0 Å². The Morgan fingerprint density at radius 3 is 2.82 bits per heavy atom. The molecule has 0 aromatic heterocycles. The van der Waals surface area contributed by atoms with Gasteiger partial charge in [-0.3, -0.25) is 0 Å². The fraction of sp³-hybridized carbons (Fsp3) is 1.00. The Labute approximate surface area is 103 Å². The summed E-state index contributed by atoms with van der Waals surface area (Å²) in [6, 6.07) is 0. The summed E-state index contributed by atoms with van der Waals surface area (Å²) in [5.74, 6) is 0.656. The maximum atomic E-state index is 10.9. The van der Waals surface area contributed by atoms with E-state index < -0.39 is 5.60 Å². The fourth-order valence-electron chi connectivity index (χ4n) is 4.44. The number of rotatable bonds is 2. The standard InChI is InChI=1S/C14H24O3/c1-2-14-11-4-3-6-13(11,16)7-5-10(9-15)8-12(14)17-14/h10-12,15-16H,2-9H2,1H3/t10-,11+,12+,13+,14-/m1/s1. The van der Waals surface area contributed by atoms with E-state index in [9.17, 15) is 10.2 Å². The second kappa shape index (κ2) is 3.94. The molecule has 98 valence electrons. The monoisotopic (exact) mass is 240 g/mol. The van der Waals surface area contributed by atoms with Gasteiger partial charge in [0, 0.05) is 12.5 Å². The first-order valence-electron chi connectivity index (χ1n) is 7.15. The molecule has 5 atom stereocenters. The average molecular weight is 240 g/mol. The molecule has 3 aliphatic rings. The molecule has 17 heavy (non-hydrogen) atoms. The van der Waals surface area contributed by atoms with Crippen molar-refractivity contribution < 1.29 is 14.9 Å². The van der Waals surface area contributed by atoms with Gasteiger partial charge in [0.1, 0.15) is 5.60 Å². The molecule has 0 unspecified atom stereocenters. The van der Waals surface area contributed by atoms with Crippen molar-refractivity contribution in [2.24, 2.45) is 11.8 Å². The number of fused-ring (bicyclic) bond motifs is 3. The van der Waals surface area contributed by atoms with E-state index >= 15 is 0 Å². The molecule has 2 aliphatic carbocycles. The van der Waals surface area contributed by atoms with Crippen LogP contribution in [0.4, 0.5) is 0 Å². The van der Waals surface area contributed by atoms with E-state index in [0.717, 1.165) is 44.9 Å². The van der Waals surface area contributed by atoms with E-state index in [1.807, 2.05) is 0 Å². The summed E-state index contributed by atoms with van der Waals surface area (Å²) in [4.78, 5) is 0. The van der Waals surface area contributed by atoms with E-state index in [1.165, 1.54) is 0 Å². The van der Waals surface area contributed by atoms with Crippen LogP contribution in [0.5, 0.6) is 0 Å². The van der Waals surface area contributed by atoms with Gasteiger partial charge in [-0.05, 0) is 44.4 Å². The normalized spacial score (nSPS) is 53.5. The van der Waals surface area contributed by atoms with Gasteiger partial charge in [0.25, 0.3) is 0 Å². The molecule has 0 bridgehead atoms. The van der Waals surface area contributed by atoms with E-state index in [4.69, 9.17) is 4.74 Å². The van der Waals surface area contributed by atoms with Crippen molar-refractivity contribution in [3.8, 4) is 0 Å². The summed E-state index contributed by atoms with van der Waals surface area (Å²) in [6.45, 7) is 2.41. The van der Waals surface area contributed by atoms with Crippen LogP contribution in [0.25, 0.3) is 0 Å². The second-order valence-electron chi connectivity index (χ2n) is 6.29. The van der Waals surface area contributed by atoms with E-state index in [2.05, 4.69) is 6.92 Å². The number of aliphatic hydroxyl groups excluding tert-OH is 1. The molecule has 1 saturated heterocycles. The molecule has 1 aliphatic heterocycles. The van der Waals surface area contributed by atoms with Gasteiger partial charge in [-0.1, -0.05) is 13.3 Å². The Morgan fingerprint density at radius 2 is 2.12 bits per heavy atom. The molecule has 3 nitrogen and oxygen atoms in total. The molecule has 1 heterocycles. The van der Waals surface area contributed by atoms with Gasteiger partial charge in [0.15, 0.2) is 0 Å². The van der Waals surface area contributed by atoms with Crippen LogP contribution in [0, 0.1) is 11.8 Å². The van der Waals surface area contributed by atoms with Crippen molar-refractivity contribution in [2.75, 3.05) is 6.61 Å². The van der Waals surface area contributed by atoms with E-state index in [-0.39, 0.29) is 12.2 Å². The van der Waals surface area contributed by atoms with Crippen molar-refractivity contribution in [1.82, 2.24) is 0 Å². The largest absolute Gasteiger partial charge is 0.396 e. The summed E-state index contributed by atoms with van der Waals surface area (Å²) < 4.78 is 6.01. The zero-order valence-corrected chi connectivity index (χ0v) is 10.7. The van der Waals surface area contributed by atoms with E-state index in [0.29, 0.717) is 17.9 Å². The smallest absolute Gasteiger partial charge is 0.100 e. The predicted molar refractivity (Wildman–Crippen MR) is 64.6 cm³/mol. The quantitative estimate of drug-likeness (QED) is 0.724. The summed E-state index contributed by atoms with van der Waals surface area (Å²) in [6.07, 6.45) is 7.24. The second-order valence-corrected chi connectivity index (χ2v) is 6.29. The van der Waals surface area contributed by atoms with Gasteiger partial charge in [0.2, 0.25) is 0 Å². The number of hydrogen-bond donors (Lipinski definition) is 2. The minimum atomic E-state index is -0.515. The minimum Gasteiger partial charge on any atom is -0.396 e. The van der Waals surface area contributed by atoms with Crippen molar-refractivity contribution in [2.45, 2.75) is 69.2 Å². The molecule has 0 spiro atoms. The Hall–Kier alpha value is -0.120. The summed E-state index contributed by atoms with van der Waals surface area (Å²) in [7, 11) is 0. The molecular formula is C14H24O3. The first-order valence-corrected chi connectivity index (χ1v) is 7.15. The molecular weight excluding hydrogens is 216 g/mol. The van der Waals surface area contributed by atoms with Gasteiger partial charge in [-0.15, -0.1) is 0 Å². The van der Waals surface area contributed by atoms with Crippen LogP contribution in [-0.4, -0.2) is 34.1 Å². The lowest BCUT2D eigenvalue weighted by Crippen LogP contribution is -2.45. The number of ether oxygens (including phenoxy) is 1. The number of aliphatic hydroxyl groups is 2. The third-order valence-corrected chi connectivity index (χ3v) is 5.53. The maximum absolute atomic E-state index is 10.9. The first kappa shape index (κ1) is 11.9. The highest BCUT2D eigenvalue weighted by Gasteiger charge is 2.66. The lowest BCUT2D eigenvalue weighted by atomic mass is 9.70. The Kier molecular flexibility index (Phi) is 2.77. The molecule has 3 heteroatoms. The predicted octanol–water partition coefficient (Wildman–Crippen LogP) is 1.86. The molecule has 3 rings (SSSR count). The van der Waals surface area contributed by atoms with Gasteiger partial charge < -0.3 is 14.9 Å². The van der Waals surface area contributed by atoms with Crippen LogP contribution in [-0.2, 0) is 4.74 Å². The van der Waals surface area contributed by atoms with Gasteiger partial charge in [-0.2, -0.15) is 0 Å². The molecule has 2 saturated carbocycles. The molecule has 3 fully saturated rings. The summed E-state index contributed by atoms with van der Waals surface area (Å²) >= 11 is 0. The maximum Gasteiger partial charge on any atom is 0.100 e. The van der Waals surface area contributed by atoms with Crippen LogP contribution in [0.15, 0.2) is 0 Å². The third-order valence-electron chi connectivity index (χ3n) is 5.53. The van der Waals surface area contributed by atoms with Crippen LogP contribution >= 0.6 is 0 Å². The van der Waals surface area contributed by atoms with Crippen LogP contribution < -0.4 is 0 Å². The van der Waals surface area contributed by atoms with Gasteiger partial charge >= 0.3 is 0 Å². The average Bonchev–Trinajstić information content (AvgIpc) is 2.88. The molecule has 0 radical (unpaired) electrons. The van der Waals surface area contributed by atoms with Crippen LogP contribution in [0.1, 0.15) is 51.9 Å². The minimum absolute atomic E-state index is 0.0565. The third kappa shape index (κ3) is 1.66. The Morgan fingerprint density at radius 1 is 1.29 bits per heavy atom. The zero-order valence-electron chi connectivity index (χ0n) is 10.7. The molecule has 0 aromatic rings. The highest BCUT2D eigenvalue weighted by atomic mass is 16.6. The van der Waals surface area contributed by atoms with Crippen LogP contribution in [0.2, 0.25) is 0 Å². The number of epoxide rings is 1.